The highest BCUT2D eigenvalue weighted by molar-refractivity contribution is 9.10. The van der Waals surface area contributed by atoms with Gasteiger partial charge in [-0.3, -0.25) is 4.99 Å². The lowest BCUT2D eigenvalue weighted by atomic mass is 10.3. The van der Waals surface area contributed by atoms with E-state index in [9.17, 15) is 0 Å². The molecule has 1 aliphatic heterocycles. The number of amidine groups is 1. The summed E-state index contributed by atoms with van der Waals surface area (Å²) in [5, 5.41) is 6.59. The van der Waals surface area contributed by atoms with E-state index in [4.69, 9.17) is 0 Å². The molecule has 2 heterocycles. The van der Waals surface area contributed by atoms with Crippen molar-refractivity contribution >= 4 is 44.2 Å². The van der Waals surface area contributed by atoms with Gasteiger partial charge in [0, 0.05) is 26.5 Å². The van der Waals surface area contributed by atoms with E-state index < -0.39 is 0 Å². The molecule has 0 saturated carbocycles. The molecule has 1 aromatic heterocycles. The molecule has 0 radical (unpaired) electrons. The van der Waals surface area contributed by atoms with Crippen LogP contribution in [0.25, 0.3) is 0 Å². The second-order valence-corrected chi connectivity index (χ2v) is 6.53. The Morgan fingerprint density at radius 1 is 1.67 bits per heavy atom. The zero-order valence-corrected chi connectivity index (χ0v) is 11.7. The monoisotopic (exact) mass is 304 g/mol. The lowest BCUT2D eigenvalue weighted by molar-refractivity contribution is 0.642. The zero-order chi connectivity index (χ0) is 10.7. The van der Waals surface area contributed by atoms with Crippen molar-refractivity contribution in [3.8, 4) is 0 Å². The van der Waals surface area contributed by atoms with Gasteiger partial charge >= 0.3 is 0 Å². The average Bonchev–Trinajstić information content (AvgIpc) is 2.62. The number of hydrogen-bond acceptors (Lipinski definition) is 3. The summed E-state index contributed by atoms with van der Waals surface area (Å²) in [6.07, 6.45) is 1.23. The van der Waals surface area contributed by atoms with Crippen LogP contribution in [0.5, 0.6) is 0 Å². The molecular weight excluding hydrogens is 292 g/mol. The van der Waals surface area contributed by atoms with Crippen LogP contribution in [0.15, 0.2) is 20.9 Å². The van der Waals surface area contributed by atoms with Gasteiger partial charge in [0.2, 0.25) is 0 Å². The van der Waals surface area contributed by atoms with E-state index in [-0.39, 0.29) is 0 Å². The topological polar surface area (TPSA) is 24.4 Å². The maximum Gasteiger partial charge on any atom is 0.157 e. The van der Waals surface area contributed by atoms with E-state index in [0.29, 0.717) is 6.04 Å². The minimum Gasteiger partial charge on any atom is -0.362 e. The number of thioether (sulfide) groups is 1. The van der Waals surface area contributed by atoms with Gasteiger partial charge in [-0.25, -0.2) is 0 Å². The van der Waals surface area contributed by atoms with Crippen molar-refractivity contribution in [2.24, 2.45) is 4.99 Å². The van der Waals surface area contributed by atoms with Gasteiger partial charge in [0.1, 0.15) is 0 Å². The zero-order valence-electron chi connectivity index (χ0n) is 8.50. The maximum atomic E-state index is 4.58. The van der Waals surface area contributed by atoms with Gasteiger partial charge in [-0.1, -0.05) is 11.8 Å². The first kappa shape index (κ1) is 11.5. The van der Waals surface area contributed by atoms with Crippen molar-refractivity contribution in [3.63, 3.8) is 0 Å². The predicted octanol–water partition coefficient (Wildman–Crippen LogP) is 3.48. The van der Waals surface area contributed by atoms with Crippen molar-refractivity contribution in [1.29, 1.82) is 0 Å². The van der Waals surface area contributed by atoms with Crippen LogP contribution < -0.4 is 5.32 Å². The van der Waals surface area contributed by atoms with E-state index in [2.05, 4.69) is 44.6 Å². The summed E-state index contributed by atoms with van der Waals surface area (Å²) in [7, 11) is 0. The Bertz CT molecular complexity index is 362. The highest BCUT2D eigenvalue weighted by Crippen LogP contribution is 2.21. The van der Waals surface area contributed by atoms with Crippen LogP contribution in [0.4, 0.5) is 0 Å². The molecule has 1 unspecified atom stereocenters. The van der Waals surface area contributed by atoms with Crippen molar-refractivity contribution < 1.29 is 0 Å². The number of rotatable bonds is 2. The van der Waals surface area contributed by atoms with Gasteiger partial charge in [-0.05, 0) is 35.3 Å². The van der Waals surface area contributed by atoms with Crippen molar-refractivity contribution in [1.82, 2.24) is 5.32 Å². The van der Waals surface area contributed by atoms with Crippen LogP contribution in [0.1, 0.15) is 18.2 Å². The fourth-order valence-corrected chi connectivity index (χ4v) is 3.81. The third-order valence-corrected chi connectivity index (χ3v) is 4.80. The van der Waals surface area contributed by atoms with Crippen molar-refractivity contribution in [2.75, 3.05) is 5.75 Å². The molecule has 1 saturated heterocycles. The van der Waals surface area contributed by atoms with Gasteiger partial charge in [-0.15, -0.1) is 11.3 Å². The summed E-state index contributed by atoms with van der Waals surface area (Å²) in [5.41, 5.74) is 0. The van der Waals surface area contributed by atoms with Gasteiger partial charge in [0.25, 0.3) is 0 Å². The Morgan fingerprint density at radius 3 is 3.20 bits per heavy atom. The fourth-order valence-electron chi connectivity index (χ4n) is 1.33. The number of hydrogen-bond donors (Lipinski definition) is 1. The number of nitrogens with one attached hydrogen (secondary N) is 1. The first-order valence-corrected chi connectivity index (χ1v) is 7.56. The van der Waals surface area contributed by atoms with Gasteiger partial charge in [0.15, 0.2) is 5.17 Å². The second-order valence-electron chi connectivity index (χ2n) is 3.54. The standard InChI is InChI=1S/C10H13BrN2S2/c1-7-2-3-14-10(13-7)12-5-9-4-8(11)6-15-9/h4,6-7H,2-3,5H2,1H3,(H,12,13). The van der Waals surface area contributed by atoms with Gasteiger partial charge < -0.3 is 5.32 Å². The molecule has 15 heavy (non-hydrogen) atoms. The number of halogens is 1. The summed E-state index contributed by atoms with van der Waals surface area (Å²) in [6.45, 7) is 3.00. The Morgan fingerprint density at radius 2 is 2.53 bits per heavy atom. The molecule has 0 amide bonds. The lowest BCUT2D eigenvalue weighted by Crippen LogP contribution is -2.35. The third kappa shape index (κ3) is 3.50. The number of thiophene rings is 1. The average molecular weight is 305 g/mol. The molecule has 1 aliphatic rings. The highest BCUT2D eigenvalue weighted by atomic mass is 79.9. The molecule has 1 fully saturated rings. The predicted molar refractivity (Wildman–Crippen MR) is 72.8 cm³/mol. The van der Waals surface area contributed by atoms with E-state index in [0.717, 1.165) is 16.2 Å². The maximum absolute atomic E-state index is 4.58. The molecule has 1 N–H and O–H groups in total. The Labute approximate surface area is 107 Å². The Hall–Kier alpha value is -0.0000000000000000833. The molecule has 0 aromatic carbocycles. The van der Waals surface area contributed by atoms with Crippen LogP contribution in [0, 0.1) is 0 Å². The molecule has 1 atom stereocenters. The summed E-state index contributed by atoms with van der Waals surface area (Å²) in [6, 6.07) is 2.70. The largest absolute Gasteiger partial charge is 0.362 e. The summed E-state index contributed by atoms with van der Waals surface area (Å²) in [5.74, 6) is 1.18. The van der Waals surface area contributed by atoms with E-state index >= 15 is 0 Å². The number of nitrogens with zero attached hydrogens (tertiary/aromatic N) is 1. The molecule has 0 aliphatic carbocycles. The van der Waals surface area contributed by atoms with Crippen LogP contribution in [0.3, 0.4) is 0 Å². The van der Waals surface area contributed by atoms with E-state index in [1.165, 1.54) is 17.1 Å². The minimum atomic E-state index is 0.570. The van der Waals surface area contributed by atoms with E-state index in [1.807, 2.05) is 11.8 Å². The fraction of sp³-hybridized carbons (Fsp3) is 0.500. The lowest BCUT2D eigenvalue weighted by Gasteiger charge is -2.21. The Balaban J connectivity index is 1.93. The van der Waals surface area contributed by atoms with Gasteiger partial charge in [0.05, 0.1) is 6.54 Å². The first-order valence-electron chi connectivity index (χ1n) is 4.91. The molecule has 0 spiro atoms. The molecule has 5 heteroatoms. The van der Waals surface area contributed by atoms with Crippen LogP contribution >= 0.6 is 39.0 Å². The van der Waals surface area contributed by atoms with Crippen LogP contribution in [0.2, 0.25) is 0 Å². The third-order valence-electron chi connectivity index (χ3n) is 2.16. The normalized spacial score (nSPS) is 24.1. The smallest absolute Gasteiger partial charge is 0.157 e. The number of aliphatic imine (C=N–C) groups is 1. The Kier molecular flexibility index (Phi) is 4.11. The molecule has 1 aromatic rings. The minimum absolute atomic E-state index is 0.570. The molecule has 0 bridgehead atoms. The molecule has 2 nitrogen and oxygen atoms in total. The molecule has 82 valence electrons. The van der Waals surface area contributed by atoms with Crippen molar-refractivity contribution in [2.45, 2.75) is 25.9 Å². The summed E-state index contributed by atoms with van der Waals surface area (Å²) in [4.78, 5) is 5.88. The molecular formula is C10H13BrN2S2. The van der Waals surface area contributed by atoms with Crippen molar-refractivity contribution in [3.05, 3.63) is 20.8 Å². The highest BCUT2D eigenvalue weighted by Gasteiger charge is 2.12. The van der Waals surface area contributed by atoms with E-state index in [1.54, 1.807) is 11.3 Å². The van der Waals surface area contributed by atoms with Gasteiger partial charge in [-0.2, -0.15) is 0 Å². The summed E-state index contributed by atoms with van der Waals surface area (Å²) >= 11 is 7.02. The summed E-state index contributed by atoms with van der Waals surface area (Å²) < 4.78 is 1.15. The molecule has 2 rings (SSSR count). The van der Waals surface area contributed by atoms with Crippen LogP contribution in [-0.2, 0) is 6.54 Å². The van der Waals surface area contributed by atoms with Crippen LogP contribution in [-0.4, -0.2) is 17.0 Å². The quantitative estimate of drug-likeness (QED) is 0.904. The first-order chi connectivity index (χ1) is 7.24. The second kappa shape index (κ2) is 5.37. The SMILES string of the molecule is CC1CCSC(=NCc2cc(Br)cs2)N1.